The zero-order valence-electron chi connectivity index (χ0n) is 9.26. The molecule has 2 rings (SSSR count). The van der Waals surface area contributed by atoms with Crippen LogP contribution in [-0.4, -0.2) is 13.1 Å². The summed E-state index contributed by atoms with van der Waals surface area (Å²) in [6.45, 7) is 6.97. The van der Waals surface area contributed by atoms with Gasteiger partial charge in [-0.2, -0.15) is 0 Å². The first-order valence-corrected chi connectivity index (χ1v) is 6.36. The SMILES string of the molecule is CC1(C)CCN(c2ccc(N)cc2I)C1. The third-order valence-corrected chi connectivity index (χ3v) is 3.85. The van der Waals surface area contributed by atoms with Crippen molar-refractivity contribution in [2.24, 2.45) is 5.41 Å². The summed E-state index contributed by atoms with van der Waals surface area (Å²) in [4.78, 5) is 2.46. The van der Waals surface area contributed by atoms with Gasteiger partial charge in [0.1, 0.15) is 0 Å². The van der Waals surface area contributed by atoms with Crippen LogP contribution in [0.2, 0.25) is 0 Å². The lowest BCUT2D eigenvalue weighted by molar-refractivity contribution is 0.418. The van der Waals surface area contributed by atoms with Gasteiger partial charge in [-0.1, -0.05) is 13.8 Å². The fourth-order valence-corrected chi connectivity index (χ4v) is 2.98. The standard InChI is InChI=1S/C12H17IN2/c1-12(2)5-6-15(8-12)11-4-3-9(14)7-10(11)13/h3-4,7H,5-6,8,14H2,1-2H3. The van der Waals surface area contributed by atoms with E-state index in [0.717, 1.165) is 18.8 Å². The normalized spacial score (nSPS) is 19.5. The molecule has 1 aliphatic rings. The van der Waals surface area contributed by atoms with E-state index in [-0.39, 0.29) is 0 Å². The first-order valence-electron chi connectivity index (χ1n) is 5.28. The highest BCUT2D eigenvalue weighted by atomic mass is 127. The van der Waals surface area contributed by atoms with E-state index in [9.17, 15) is 0 Å². The summed E-state index contributed by atoms with van der Waals surface area (Å²) in [5, 5.41) is 0. The lowest BCUT2D eigenvalue weighted by Crippen LogP contribution is -2.23. The van der Waals surface area contributed by atoms with Gasteiger partial charge in [-0.05, 0) is 52.6 Å². The van der Waals surface area contributed by atoms with Crippen molar-refractivity contribution in [3.63, 3.8) is 0 Å². The van der Waals surface area contributed by atoms with Crippen LogP contribution in [0.3, 0.4) is 0 Å². The van der Waals surface area contributed by atoms with E-state index in [1.54, 1.807) is 0 Å². The molecule has 0 spiro atoms. The topological polar surface area (TPSA) is 29.3 Å². The molecule has 0 atom stereocenters. The van der Waals surface area contributed by atoms with Crippen molar-refractivity contribution < 1.29 is 0 Å². The van der Waals surface area contributed by atoms with Crippen molar-refractivity contribution in [2.45, 2.75) is 20.3 Å². The molecule has 0 aliphatic carbocycles. The second-order valence-corrected chi connectivity index (χ2v) is 6.21. The van der Waals surface area contributed by atoms with Crippen molar-refractivity contribution in [1.82, 2.24) is 0 Å². The Morgan fingerprint density at radius 3 is 2.67 bits per heavy atom. The van der Waals surface area contributed by atoms with Crippen LogP contribution in [0.15, 0.2) is 18.2 Å². The molecule has 1 fully saturated rings. The Balaban J connectivity index is 2.24. The van der Waals surface area contributed by atoms with Gasteiger partial charge in [-0.25, -0.2) is 0 Å². The van der Waals surface area contributed by atoms with E-state index in [1.807, 2.05) is 12.1 Å². The van der Waals surface area contributed by atoms with Crippen LogP contribution >= 0.6 is 22.6 Å². The molecule has 1 heterocycles. The first kappa shape index (κ1) is 11.0. The molecule has 0 saturated carbocycles. The molecule has 3 heteroatoms. The summed E-state index contributed by atoms with van der Waals surface area (Å²) >= 11 is 2.37. The molecule has 0 amide bonds. The zero-order chi connectivity index (χ0) is 11.1. The number of hydrogen-bond donors (Lipinski definition) is 1. The van der Waals surface area contributed by atoms with E-state index in [4.69, 9.17) is 5.73 Å². The van der Waals surface area contributed by atoms with E-state index < -0.39 is 0 Å². The Labute approximate surface area is 105 Å². The number of hydrogen-bond acceptors (Lipinski definition) is 2. The quantitative estimate of drug-likeness (QED) is 0.637. The molecule has 82 valence electrons. The zero-order valence-corrected chi connectivity index (χ0v) is 11.4. The van der Waals surface area contributed by atoms with Gasteiger partial charge in [0.2, 0.25) is 0 Å². The van der Waals surface area contributed by atoms with Crippen molar-refractivity contribution in [1.29, 1.82) is 0 Å². The number of halogens is 1. The van der Waals surface area contributed by atoms with Crippen LogP contribution in [0.5, 0.6) is 0 Å². The smallest absolute Gasteiger partial charge is 0.0503 e. The summed E-state index contributed by atoms with van der Waals surface area (Å²) in [5.74, 6) is 0. The summed E-state index contributed by atoms with van der Waals surface area (Å²) in [5.41, 5.74) is 8.38. The van der Waals surface area contributed by atoms with Crippen molar-refractivity contribution in [3.05, 3.63) is 21.8 Å². The fourth-order valence-electron chi connectivity index (χ4n) is 2.10. The molecule has 1 aromatic carbocycles. The minimum atomic E-state index is 0.449. The lowest BCUT2D eigenvalue weighted by atomic mass is 9.93. The van der Waals surface area contributed by atoms with Crippen LogP contribution in [0.25, 0.3) is 0 Å². The molecule has 0 bridgehead atoms. The molecule has 1 aliphatic heterocycles. The molecule has 2 nitrogen and oxygen atoms in total. The highest BCUT2D eigenvalue weighted by Crippen LogP contribution is 2.34. The van der Waals surface area contributed by atoms with Gasteiger partial charge >= 0.3 is 0 Å². The summed E-state index contributed by atoms with van der Waals surface area (Å²) in [6.07, 6.45) is 1.27. The molecular weight excluding hydrogens is 299 g/mol. The van der Waals surface area contributed by atoms with Crippen LogP contribution in [-0.2, 0) is 0 Å². The van der Waals surface area contributed by atoms with Crippen LogP contribution < -0.4 is 10.6 Å². The Hall–Kier alpha value is -0.450. The van der Waals surface area contributed by atoms with E-state index in [2.05, 4.69) is 47.4 Å². The highest BCUT2D eigenvalue weighted by molar-refractivity contribution is 14.1. The predicted molar refractivity (Wildman–Crippen MR) is 74.2 cm³/mol. The Morgan fingerprint density at radius 2 is 2.13 bits per heavy atom. The van der Waals surface area contributed by atoms with E-state index >= 15 is 0 Å². The van der Waals surface area contributed by atoms with Crippen molar-refractivity contribution >= 4 is 34.0 Å². The van der Waals surface area contributed by atoms with Crippen molar-refractivity contribution in [2.75, 3.05) is 23.7 Å². The molecular formula is C12H17IN2. The molecule has 1 aromatic rings. The Morgan fingerprint density at radius 1 is 1.40 bits per heavy atom. The Bertz CT molecular complexity index is 374. The van der Waals surface area contributed by atoms with Gasteiger partial charge in [0, 0.05) is 22.3 Å². The molecule has 0 aromatic heterocycles. The minimum absolute atomic E-state index is 0.449. The summed E-state index contributed by atoms with van der Waals surface area (Å²) in [7, 11) is 0. The number of nitrogen functional groups attached to an aromatic ring is 1. The molecule has 0 radical (unpaired) electrons. The van der Waals surface area contributed by atoms with E-state index in [0.29, 0.717) is 5.41 Å². The fraction of sp³-hybridized carbons (Fsp3) is 0.500. The second-order valence-electron chi connectivity index (χ2n) is 5.05. The summed E-state index contributed by atoms with van der Waals surface area (Å²) in [6, 6.07) is 6.17. The highest BCUT2D eigenvalue weighted by Gasteiger charge is 2.29. The van der Waals surface area contributed by atoms with Gasteiger partial charge in [0.05, 0.1) is 5.69 Å². The van der Waals surface area contributed by atoms with Gasteiger partial charge in [-0.3, -0.25) is 0 Å². The molecule has 15 heavy (non-hydrogen) atoms. The number of nitrogens with zero attached hydrogens (tertiary/aromatic N) is 1. The van der Waals surface area contributed by atoms with Crippen LogP contribution in [0.4, 0.5) is 11.4 Å². The maximum atomic E-state index is 5.76. The number of rotatable bonds is 1. The maximum absolute atomic E-state index is 5.76. The number of anilines is 2. The van der Waals surface area contributed by atoms with E-state index in [1.165, 1.54) is 15.7 Å². The third kappa shape index (κ3) is 2.38. The monoisotopic (exact) mass is 316 g/mol. The maximum Gasteiger partial charge on any atom is 0.0503 e. The van der Waals surface area contributed by atoms with Crippen molar-refractivity contribution in [3.8, 4) is 0 Å². The molecule has 2 N–H and O–H groups in total. The lowest BCUT2D eigenvalue weighted by Gasteiger charge is -2.22. The summed E-state index contributed by atoms with van der Waals surface area (Å²) < 4.78 is 1.25. The van der Waals surface area contributed by atoms with Crippen LogP contribution in [0.1, 0.15) is 20.3 Å². The van der Waals surface area contributed by atoms with Gasteiger partial charge < -0.3 is 10.6 Å². The molecule has 1 saturated heterocycles. The predicted octanol–water partition coefficient (Wildman–Crippen LogP) is 3.11. The average molecular weight is 316 g/mol. The molecule has 0 unspecified atom stereocenters. The number of benzene rings is 1. The van der Waals surface area contributed by atoms with Gasteiger partial charge in [0.15, 0.2) is 0 Å². The van der Waals surface area contributed by atoms with Gasteiger partial charge in [-0.15, -0.1) is 0 Å². The van der Waals surface area contributed by atoms with Crippen LogP contribution in [0, 0.1) is 8.99 Å². The average Bonchev–Trinajstić information content (AvgIpc) is 2.46. The first-order chi connectivity index (χ1) is 6.98. The Kier molecular flexibility index (Phi) is 2.83. The second kappa shape index (κ2) is 3.85. The minimum Gasteiger partial charge on any atom is -0.399 e. The number of nitrogens with two attached hydrogens (primary N) is 1. The van der Waals surface area contributed by atoms with Gasteiger partial charge in [0.25, 0.3) is 0 Å². The third-order valence-electron chi connectivity index (χ3n) is 2.99. The largest absolute Gasteiger partial charge is 0.399 e.